The summed E-state index contributed by atoms with van der Waals surface area (Å²) in [6, 6.07) is -1.76. The summed E-state index contributed by atoms with van der Waals surface area (Å²) < 4.78 is 17.8. The number of nitrogens with two attached hydrogens (primary N) is 1. The smallest absolute Gasteiger partial charge is 0.244 e. The second kappa shape index (κ2) is 13.5. The largest absolute Gasteiger partial charge is 0.393 e. The van der Waals surface area contributed by atoms with Gasteiger partial charge in [0.05, 0.1) is 48.6 Å². The highest BCUT2D eigenvalue weighted by molar-refractivity contribution is 5.93. The zero-order valence-electron chi connectivity index (χ0n) is 23.8. The average Bonchev–Trinajstić information content (AvgIpc) is 2.85. The van der Waals surface area contributed by atoms with Crippen molar-refractivity contribution in [1.82, 2.24) is 10.6 Å². The molecule has 0 aromatic heterocycles. The lowest BCUT2D eigenvalue weighted by molar-refractivity contribution is -0.307. The number of ether oxygens (including phenoxy) is 3. The van der Waals surface area contributed by atoms with Crippen LogP contribution in [-0.2, 0) is 23.8 Å². The number of nitrogens with one attached hydrogen (secondary N) is 2. The molecule has 230 valence electrons. The summed E-state index contributed by atoms with van der Waals surface area (Å²) in [6.45, 7) is 9.31. The molecule has 0 spiro atoms. The van der Waals surface area contributed by atoms with Gasteiger partial charge >= 0.3 is 0 Å². The number of hydrogen-bond acceptors (Lipinski definition) is 11. The Labute approximate surface area is 235 Å². The van der Waals surface area contributed by atoms with Crippen LogP contribution in [0.1, 0.15) is 53.9 Å². The fourth-order valence-electron chi connectivity index (χ4n) is 5.12. The molecular formula is C27H47N3O10. The fourth-order valence-corrected chi connectivity index (χ4v) is 5.12. The first-order valence-electron chi connectivity index (χ1n) is 14.1. The summed E-state index contributed by atoms with van der Waals surface area (Å²) in [5.41, 5.74) is 5.97. The Hall–Kier alpha value is -1.68. The van der Waals surface area contributed by atoms with Gasteiger partial charge in [0.15, 0.2) is 12.1 Å². The molecule has 0 aromatic rings. The third-order valence-electron chi connectivity index (χ3n) is 7.81. The van der Waals surface area contributed by atoms with Crippen LogP contribution in [0.4, 0.5) is 0 Å². The van der Waals surface area contributed by atoms with Crippen LogP contribution in [0.25, 0.3) is 0 Å². The summed E-state index contributed by atoms with van der Waals surface area (Å²) in [4.78, 5) is 25.1. The molecular weight excluding hydrogens is 526 g/mol. The van der Waals surface area contributed by atoms with Gasteiger partial charge in [0.25, 0.3) is 0 Å². The van der Waals surface area contributed by atoms with Crippen LogP contribution in [0, 0.1) is 17.8 Å². The molecule has 9 N–H and O–H groups in total. The number of amides is 2. The molecule has 3 aliphatic heterocycles. The molecule has 3 heterocycles. The number of hydrogen-bond donors (Lipinski definition) is 8. The topological polar surface area (TPSA) is 213 Å². The highest BCUT2D eigenvalue weighted by atomic mass is 16.7. The van der Waals surface area contributed by atoms with Crippen molar-refractivity contribution in [3.8, 4) is 0 Å². The van der Waals surface area contributed by atoms with Crippen molar-refractivity contribution >= 4 is 11.8 Å². The molecule has 0 saturated carbocycles. The molecule has 0 radical (unpaired) electrons. The van der Waals surface area contributed by atoms with Gasteiger partial charge in [-0.2, -0.15) is 0 Å². The molecule has 13 heteroatoms. The maximum Gasteiger partial charge on any atom is 0.244 e. The van der Waals surface area contributed by atoms with Crippen LogP contribution in [0.5, 0.6) is 0 Å². The first kappa shape index (κ1) is 32.8. The Balaban J connectivity index is 1.88. The first-order chi connectivity index (χ1) is 18.6. The van der Waals surface area contributed by atoms with Gasteiger partial charge < -0.3 is 56.1 Å². The number of carbonyl (C=O) groups is 2. The van der Waals surface area contributed by atoms with E-state index < -0.39 is 78.7 Å². The zero-order valence-corrected chi connectivity index (χ0v) is 23.8. The second-order valence-electron chi connectivity index (χ2n) is 12.0. The number of β-lactam (4-membered cyclic amide) rings is 1. The normalized spacial score (nSPS) is 40.1. The molecule has 2 amide bonds. The van der Waals surface area contributed by atoms with Crippen molar-refractivity contribution in [3.63, 3.8) is 0 Å². The monoisotopic (exact) mass is 573 g/mol. The van der Waals surface area contributed by atoms with Crippen molar-refractivity contribution in [3.05, 3.63) is 12.2 Å². The van der Waals surface area contributed by atoms with Gasteiger partial charge in [-0.1, -0.05) is 39.8 Å². The minimum absolute atomic E-state index is 0.0614. The molecule has 0 bridgehead atoms. The molecule has 40 heavy (non-hydrogen) atoms. The average molecular weight is 574 g/mol. The van der Waals surface area contributed by atoms with Crippen molar-refractivity contribution in [1.29, 1.82) is 0 Å². The maximum absolute atomic E-state index is 13.3. The van der Waals surface area contributed by atoms with Crippen LogP contribution in [0.15, 0.2) is 12.2 Å². The van der Waals surface area contributed by atoms with Crippen LogP contribution in [-0.4, -0.2) is 111 Å². The van der Waals surface area contributed by atoms with Gasteiger partial charge in [-0.25, -0.2) is 0 Å². The standard InChI is InChI=1S/C27H47N3O10/c1-12(2)6-7-15(39-26-23(34)21(28)22(33)14(5)38-26)8-19-20(25(36)30-16-11-29-24(16)35)18(32)10-27(37,40-19)9-17(31)13(3)4/h6-7,12-23,26,31-34,37H,8-11,28H2,1-5H3,(H,29,35)(H,30,36)/b7-6+/t14?,15-,16-,17+,18-,19-,20+,21?,22?,23?,26?,27+/m0/s1. The Morgan fingerprint density at radius 2 is 1.90 bits per heavy atom. The van der Waals surface area contributed by atoms with E-state index in [9.17, 15) is 35.1 Å². The van der Waals surface area contributed by atoms with Gasteiger partial charge in [0.1, 0.15) is 12.1 Å². The molecule has 13 nitrogen and oxygen atoms in total. The van der Waals surface area contributed by atoms with Gasteiger partial charge in [0.2, 0.25) is 11.8 Å². The summed E-state index contributed by atoms with van der Waals surface area (Å²) in [5.74, 6) is -4.17. The lowest BCUT2D eigenvalue weighted by atomic mass is 9.81. The third-order valence-corrected chi connectivity index (χ3v) is 7.81. The number of allylic oxidation sites excluding steroid dienone is 1. The van der Waals surface area contributed by atoms with E-state index in [0.717, 1.165) is 0 Å². The lowest BCUT2D eigenvalue weighted by Crippen LogP contribution is -2.65. The summed E-state index contributed by atoms with van der Waals surface area (Å²) >= 11 is 0. The predicted octanol–water partition coefficient (Wildman–Crippen LogP) is -1.76. The van der Waals surface area contributed by atoms with Crippen molar-refractivity contribution in [2.75, 3.05) is 6.54 Å². The van der Waals surface area contributed by atoms with Gasteiger partial charge in [0, 0.05) is 25.8 Å². The highest BCUT2D eigenvalue weighted by Gasteiger charge is 2.51. The van der Waals surface area contributed by atoms with Crippen LogP contribution < -0.4 is 16.4 Å². The molecule has 3 fully saturated rings. The number of rotatable bonds is 11. The molecule has 0 aliphatic carbocycles. The molecule has 3 saturated heterocycles. The van der Waals surface area contributed by atoms with E-state index >= 15 is 0 Å². The predicted molar refractivity (Wildman–Crippen MR) is 142 cm³/mol. The van der Waals surface area contributed by atoms with Crippen molar-refractivity contribution < 1.29 is 49.3 Å². The molecule has 0 aromatic carbocycles. The second-order valence-corrected chi connectivity index (χ2v) is 12.0. The SMILES string of the molecule is CC(C)/C=C/[C@@H](C[C@@H]1O[C@](O)(C[C@@H](O)C(C)C)C[C@H](O)[C@H]1C(=O)N[C@H]1CNC1=O)OC1OC(C)C(O)C(N)C1O. The zero-order chi connectivity index (χ0) is 29.9. The molecule has 3 aliphatic rings. The quantitative estimate of drug-likeness (QED) is 0.102. The fraction of sp³-hybridized carbons (Fsp3) is 0.852. The number of carbonyl (C=O) groups excluding carboxylic acids is 2. The first-order valence-corrected chi connectivity index (χ1v) is 14.1. The molecule has 3 rings (SSSR count). The number of aliphatic hydroxyl groups is 5. The van der Waals surface area contributed by atoms with Crippen molar-refractivity contribution in [2.24, 2.45) is 23.5 Å². The third kappa shape index (κ3) is 7.99. The van der Waals surface area contributed by atoms with E-state index in [1.54, 1.807) is 26.8 Å². The molecule has 12 atom stereocenters. The van der Waals surface area contributed by atoms with Gasteiger partial charge in [-0.15, -0.1) is 0 Å². The summed E-state index contributed by atoms with van der Waals surface area (Å²) in [6.07, 6.45) is -5.67. The van der Waals surface area contributed by atoms with Crippen LogP contribution >= 0.6 is 0 Å². The highest BCUT2D eigenvalue weighted by Crippen LogP contribution is 2.38. The Bertz CT molecular complexity index is 904. The summed E-state index contributed by atoms with van der Waals surface area (Å²) in [5, 5.41) is 58.8. The maximum atomic E-state index is 13.3. The number of aliphatic hydroxyl groups excluding tert-OH is 4. The van der Waals surface area contributed by atoms with Crippen LogP contribution in [0.3, 0.4) is 0 Å². The van der Waals surface area contributed by atoms with Crippen LogP contribution in [0.2, 0.25) is 0 Å². The Morgan fingerprint density at radius 3 is 2.45 bits per heavy atom. The van der Waals surface area contributed by atoms with E-state index in [0.29, 0.717) is 0 Å². The Morgan fingerprint density at radius 1 is 1.23 bits per heavy atom. The lowest BCUT2D eigenvalue weighted by Gasteiger charge is -2.46. The van der Waals surface area contributed by atoms with E-state index in [-0.39, 0.29) is 43.6 Å². The van der Waals surface area contributed by atoms with Gasteiger partial charge in [-0.05, 0) is 18.8 Å². The minimum atomic E-state index is -1.94. The van der Waals surface area contributed by atoms with Gasteiger partial charge in [-0.3, -0.25) is 9.59 Å². The summed E-state index contributed by atoms with van der Waals surface area (Å²) in [7, 11) is 0. The Kier molecular flexibility index (Phi) is 11.1. The van der Waals surface area contributed by atoms with E-state index in [1.807, 2.05) is 19.9 Å². The van der Waals surface area contributed by atoms with E-state index in [1.165, 1.54) is 0 Å². The van der Waals surface area contributed by atoms with E-state index in [4.69, 9.17) is 19.9 Å². The van der Waals surface area contributed by atoms with E-state index in [2.05, 4.69) is 10.6 Å². The molecule has 5 unspecified atom stereocenters. The van der Waals surface area contributed by atoms with Crippen molar-refractivity contribution in [2.45, 2.75) is 121 Å². The minimum Gasteiger partial charge on any atom is -0.393 e.